The van der Waals surface area contributed by atoms with Crippen LogP contribution in [0.25, 0.3) is 0 Å². The summed E-state index contributed by atoms with van der Waals surface area (Å²) >= 11 is 6.73. The quantitative estimate of drug-likeness (QED) is 0.565. The summed E-state index contributed by atoms with van der Waals surface area (Å²) in [5, 5.41) is 23.4. The van der Waals surface area contributed by atoms with Gasteiger partial charge in [-0.15, -0.1) is 0 Å². The highest BCUT2D eigenvalue weighted by atomic mass is 79.9. The number of ketones is 1. The molecule has 2 aliphatic carbocycles. The lowest BCUT2D eigenvalue weighted by Crippen LogP contribution is -2.49. The molecule has 0 amide bonds. The van der Waals surface area contributed by atoms with Gasteiger partial charge in [0.15, 0.2) is 17.3 Å². The van der Waals surface area contributed by atoms with E-state index in [1.165, 1.54) is 0 Å². The SMILES string of the molecule is CC(C)(C)C(=O)O[C@H]1c2cc(Br)ccc2[C@]2(O)C(=O)c3ccc(Br)cc3[C@]12O. The van der Waals surface area contributed by atoms with Crippen LogP contribution in [-0.2, 0) is 20.7 Å². The lowest BCUT2D eigenvalue weighted by molar-refractivity contribution is -0.201. The zero-order chi connectivity index (χ0) is 20.6. The van der Waals surface area contributed by atoms with Crippen LogP contribution in [0.4, 0.5) is 0 Å². The highest BCUT2D eigenvalue weighted by Crippen LogP contribution is 2.63. The van der Waals surface area contributed by atoms with Crippen molar-refractivity contribution >= 4 is 43.6 Å². The molecule has 0 fully saturated rings. The second-order valence-electron chi connectivity index (χ2n) is 8.26. The number of rotatable bonds is 1. The van der Waals surface area contributed by atoms with Crippen LogP contribution in [0.5, 0.6) is 0 Å². The molecule has 3 atom stereocenters. The molecule has 0 radical (unpaired) electrons. The van der Waals surface area contributed by atoms with E-state index < -0.39 is 34.5 Å². The van der Waals surface area contributed by atoms with E-state index in [0.29, 0.717) is 14.5 Å². The molecular weight excluding hydrogens is 492 g/mol. The molecule has 2 aliphatic rings. The Labute approximate surface area is 179 Å². The van der Waals surface area contributed by atoms with Crippen LogP contribution in [0, 0.1) is 5.41 Å². The number of carbonyl (C=O) groups is 2. The Morgan fingerprint density at radius 2 is 1.64 bits per heavy atom. The highest BCUT2D eigenvalue weighted by Gasteiger charge is 2.73. The van der Waals surface area contributed by atoms with Gasteiger partial charge in [0.05, 0.1) is 5.41 Å². The van der Waals surface area contributed by atoms with Gasteiger partial charge in [-0.2, -0.15) is 0 Å². The van der Waals surface area contributed by atoms with Crippen LogP contribution in [0.2, 0.25) is 0 Å². The molecule has 0 unspecified atom stereocenters. The van der Waals surface area contributed by atoms with E-state index >= 15 is 0 Å². The monoisotopic (exact) mass is 508 g/mol. The van der Waals surface area contributed by atoms with Crippen LogP contribution in [0.3, 0.4) is 0 Å². The summed E-state index contributed by atoms with van der Waals surface area (Å²) in [6, 6.07) is 9.73. The molecule has 2 aromatic rings. The number of hydrogen-bond acceptors (Lipinski definition) is 5. The molecule has 0 saturated carbocycles. The van der Waals surface area contributed by atoms with Crippen LogP contribution in [-0.4, -0.2) is 22.0 Å². The van der Waals surface area contributed by atoms with Crippen LogP contribution in [0.15, 0.2) is 45.3 Å². The second-order valence-corrected chi connectivity index (χ2v) is 10.1. The minimum atomic E-state index is -2.24. The van der Waals surface area contributed by atoms with Crippen molar-refractivity contribution in [2.75, 3.05) is 0 Å². The van der Waals surface area contributed by atoms with Gasteiger partial charge in [-0.25, -0.2) is 0 Å². The van der Waals surface area contributed by atoms with Crippen LogP contribution < -0.4 is 0 Å². The van der Waals surface area contributed by atoms with Crippen LogP contribution >= 0.6 is 31.9 Å². The summed E-state index contributed by atoms with van der Waals surface area (Å²) in [7, 11) is 0. The minimum Gasteiger partial charge on any atom is -0.453 e. The first kappa shape index (κ1) is 19.8. The molecule has 7 heteroatoms. The van der Waals surface area contributed by atoms with Crippen molar-refractivity contribution in [3.63, 3.8) is 0 Å². The molecule has 2 aromatic carbocycles. The second kappa shape index (κ2) is 5.98. The summed E-state index contributed by atoms with van der Waals surface area (Å²) in [4.78, 5) is 25.9. The Hall–Kier alpha value is -1.54. The number of halogens is 2. The van der Waals surface area contributed by atoms with Crippen LogP contribution in [0.1, 0.15) is 53.9 Å². The third-order valence-corrected chi connectivity index (χ3v) is 6.41. The molecular formula is C21H18Br2O5. The van der Waals surface area contributed by atoms with Crippen molar-refractivity contribution < 1.29 is 24.5 Å². The van der Waals surface area contributed by atoms with Gasteiger partial charge in [-0.1, -0.05) is 37.9 Å². The summed E-state index contributed by atoms with van der Waals surface area (Å²) in [6.07, 6.45) is -1.24. The largest absolute Gasteiger partial charge is 0.453 e. The normalized spacial score (nSPS) is 28.0. The number of aliphatic hydroxyl groups is 2. The minimum absolute atomic E-state index is 0.207. The Kier molecular flexibility index (Phi) is 4.22. The molecule has 0 heterocycles. The van der Waals surface area contributed by atoms with Crippen molar-refractivity contribution in [3.05, 3.63) is 67.6 Å². The lowest BCUT2D eigenvalue weighted by Gasteiger charge is -2.36. The smallest absolute Gasteiger partial charge is 0.311 e. The summed E-state index contributed by atoms with van der Waals surface area (Å²) in [6.45, 7) is 5.10. The average molecular weight is 510 g/mol. The number of benzene rings is 2. The van der Waals surface area contributed by atoms with Crippen molar-refractivity contribution in [1.29, 1.82) is 0 Å². The van der Waals surface area contributed by atoms with Gasteiger partial charge in [0.25, 0.3) is 0 Å². The number of carbonyl (C=O) groups excluding carboxylic acids is 2. The standard InChI is InChI=1S/C21H18Br2O5/c1-19(2,3)18(25)28-17-13-8-10(22)5-7-14(13)20(26)16(24)12-6-4-11(23)9-15(12)21(17,20)27/h4-9,17,26-27H,1-3H3/t17-,20-,21-/m0/s1. The molecule has 5 nitrogen and oxygen atoms in total. The zero-order valence-electron chi connectivity index (χ0n) is 15.4. The predicted octanol–water partition coefficient (Wildman–Crippen LogP) is 4.13. The molecule has 0 aliphatic heterocycles. The van der Waals surface area contributed by atoms with E-state index in [1.54, 1.807) is 57.2 Å². The van der Waals surface area contributed by atoms with Gasteiger partial charge in [-0.05, 0) is 51.1 Å². The predicted molar refractivity (Wildman–Crippen MR) is 109 cm³/mol. The lowest BCUT2D eigenvalue weighted by atomic mass is 9.82. The van der Waals surface area contributed by atoms with E-state index in [1.807, 2.05) is 0 Å². The summed E-state index contributed by atoms with van der Waals surface area (Å²) in [5.41, 5.74) is -4.13. The van der Waals surface area contributed by atoms with Gasteiger partial charge in [0.1, 0.15) is 0 Å². The summed E-state index contributed by atoms with van der Waals surface area (Å²) < 4.78 is 7.06. The fraction of sp³-hybridized carbons (Fsp3) is 0.333. The van der Waals surface area contributed by atoms with E-state index in [-0.39, 0.29) is 16.7 Å². The third-order valence-electron chi connectivity index (χ3n) is 5.42. The first-order valence-electron chi connectivity index (χ1n) is 8.73. The first-order chi connectivity index (χ1) is 12.9. The number of ether oxygens (including phenoxy) is 1. The Morgan fingerprint density at radius 3 is 2.29 bits per heavy atom. The maximum Gasteiger partial charge on any atom is 0.311 e. The zero-order valence-corrected chi connectivity index (χ0v) is 18.6. The number of hydrogen-bond donors (Lipinski definition) is 2. The van der Waals surface area contributed by atoms with Gasteiger partial charge in [-0.3, -0.25) is 9.59 Å². The molecule has 4 rings (SSSR count). The van der Waals surface area contributed by atoms with Crippen molar-refractivity contribution in [3.8, 4) is 0 Å². The maximum atomic E-state index is 13.2. The average Bonchev–Trinajstić information content (AvgIpc) is 2.90. The molecule has 0 saturated heterocycles. The fourth-order valence-corrected chi connectivity index (χ4v) is 4.73. The molecule has 146 valence electrons. The van der Waals surface area contributed by atoms with Crippen molar-refractivity contribution in [2.24, 2.45) is 5.41 Å². The number of esters is 1. The maximum absolute atomic E-state index is 13.2. The highest BCUT2D eigenvalue weighted by molar-refractivity contribution is 9.10. The van der Waals surface area contributed by atoms with Gasteiger partial charge < -0.3 is 14.9 Å². The summed E-state index contributed by atoms with van der Waals surface area (Å²) in [5.74, 6) is -1.16. The van der Waals surface area contributed by atoms with Crippen molar-refractivity contribution in [1.82, 2.24) is 0 Å². The van der Waals surface area contributed by atoms with Gasteiger partial charge in [0, 0.05) is 31.2 Å². The molecule has 0 aromatic heterocycles. The third kappa shape index (κ3) is 2.36. The number of Topliss-reactive ketones (excluding diaryl/α,β-unsaturated/α-hetero) is 1. The van der Waals surface area contributed by atoms with E-state index in [9.17, 15) is 19.8 Å². The fourth-order valence-electron chi connectivity index (χ4n) is 3.99. The van der Waals surface area contributed by atoms with Crippen molar-refractivity contribution in [2.45, 2.75) is 38.1 Å². The van der Waals surface area contributed by atoms with E-state index in [2.05, 4.69) is 31.9 Å². The molecule has 2 N–H and O–H groups in total. The molecule has 28 heavy (non-hydrogen) atoms. The van der Waals surface area contributed by atoms with Gasteiger partial charge in [0.2, 0.25) is 5.78 Å². The number of fused-ring (bicyclic) bond motifs is 5. The van der Waals surface area contributed by atoms with E-state index in [0.717, 1.165) is 0 Å². The Morgan fingerprint density at radius 1 is 1.04 bits per heavy atom. The Balaban J connectivity index is 2.01. The van der Waals surface area contributed by atoms with E-state index in [4.69, 9.17) is 4.74 Å². The molecule has 0 bridgehead atoms. The van der Waals surface area contributed by atoms with Gasteiger partial charge >= 0.3 is 5.97 Å². The Bertz CT molecular complexity index is 1040. The first-order valence-corrected chi connectivity index (χ1v) is 10.3. The molecule has 0 spiro atoms. The topological polar surface area (TPSA) is 83.8 Å².